The predicted octanol–water partition coefficient (Wildman–Crippen LogP) is 6.03. The van der Waals surface area contributed by atoms with E-state index in [9.17, 15) is 0 Å². The molecule has 0 N–H and O–H groups in total. The number of aryl methyl sites for hydroxylation is 1. The molecule has 0 amide bonds. The van der Waals surface area contributed by atoms with E-state index in [-0.39, 0.29) is 0 Å². The summed E-state index contributed by atoms with van der Waals surface area (Å²) in [7, 11) is 0. The van der Waals surface area contributed by atoms with Crippen LogP contribution in [0.3, 0.4) is 0 Å². The van der Waals surface area contributed by atoms with E-state index in [2.05, 4.69) is 49.4 Å². The van der Waals surface area contributed by atoms with Crippen LogP contribution >= 0.6 is 0 Å². The molecular weight excluding hydrogens is 400 g/mol. The molecule has 1 saturated carbocycles. The van der Waals surface area contributed by atoms with Crippen molar-refractivity contribution in [2.24, 2.45) is 0 Å². The average Bonchev–Trinajstić information content (AvgIpc) is 3.76. The van der Waals surface area contributed by atoms with Crippen molar-refractivity contribution in [2.75, 3.05) is 26.4 Å². The van der Waals surface area contributed by atoms with Gasteiger partial charge in [-0.1, -0.05) is 37.6 Å². The van der Waals surface area contributed by atoms with Crippen molar-refractivity contribution in [1.29, 1.82) is 0 Å². The van der Waals surface area contributed by atoms with E-state index >= 15 is 0 Å². The van der Waals surface area contributed by atoms with Gasteiger partial charge in [-0.15, -0.1) is 0 Å². The van der Waals surface area contributed by atoms with Crippen LogP contribution in [0.4, 0.5) is 0 Å². The molecule has 2 heterocycles. The maximum absolute atomic E-state index is 6.08. The predicted molar refractivity (Wildman–Crippen MR) is 126 cm³/mol. The van der Waals surface area contributed by atoms with Gasteiger partial charge in [0.15, 0.2) is 0 Å². The van der Waals surface area contributed by atoms with Crippen LogP contribution in [0.25, 0.3) is 0 Å². The lowest BCUT2D eigenvalue weighted by Gasteiger charge is -2.29. The number of benzene rings is 2. The molecule has 2 aromatic rings. The molecule has 2 atom stereocenters. The summed E-state index contributed by atoms with van der Waals surface area (Å²) in [5.74, 6) is 3.33. The SMILES string of the molecule is CCCCc1cc(C2CCC(c3ccc(OCC4CO4)cc3)CC2)ccc1OCC1CO1. The van der Waals surface area contributed by atoms with Crippen LogP contribution in [0.15, 0.2) is 42.5 Å². The van der Waals surface area contributed by atoms with Crippen molar-refractivity contribution in [3.05, 3.63) is 59.2 Å². The Bertz CT molecular complexity index is 862. The largest absolute Gasteiger partial charge is 0.491 e. The second-order valence-electron chi connectivity index (χ2n) is 9.62. The molecule has 5 rings (SSSR count). The number of hydrogen-bond acceptors (Lipinski definition) is 4. The smallest absolute Gasteiger partial charge is 0.122 e. The minimum Gasteiger partial charge on any atom is -0.491 e. The lowest BCUT2D eigenvalue weighted by Crippen LogP contribution is -2.13. The Balaban J connectivity index is 1.17. The summed E-state index contributed by atoms with van der Waals surface area (Å²) in [5, 5.41) is 0. The fourth-order valence-corrected chi connectivity index (χ4v) is 4.85. The van der Waals surface area contributed by atoms with Crippen molar-refractivity contribution < 1.29 is 18.9 Å². The Kier molecular flexibility index (Phi) is 6.99. The fourth-order valence-electron chi connectivity index (χ4n) is 4.85. The Morgan fingerprint density at radius 3 is 2.00 bits per heavy atom. The second-order valence-corrected chi connectivity index (χ2v) is 9.62. The van der Waals surface area contributed by atoms with Crippen LogP contribution in [0.1, 0.15) is 74.0 Å². The van der Waals surface area contributed by atoms with E-state index in [1.165, 1.54) is 55.2 Å². The van der Waals surface area contributed by atoms with Gasteiger partial charge in [-0.3, -0.25) is 0 Å². The zero-order chi connectivity index (χ0) is 21.8. The van der Waals surface area contributed by atoms with E-state index in [0.29, 0.717) is 37.3 Å². The molecule has 2 aliphatic heterocycles. The Morgan fingerprint density at radius 1 is 0.781 bits per heavy atom. The summed E-state index contributed by atoms with van der Waals surface area (Å²) >= 11 is 0. The van der Waals surface area contributed by atoms with Gasteiger partial charge in [0, 0.05) is 0 Å². The summed E-state index contributed by atoms with van der Waals surface area (Å²) in [6.07, 6.45) is 9.14. The first-order valence-electron chi connectivity index (χ1n) is 12.5. The molecule has 0 bridgehead atoms. The summed E-state index contributed by atoms with van der Waals surface area (Å²) in [4.78, 5) is 0. The van der Waals surface area contributed by atoms with Crippen LogP contribution in [0, 0.1) is 0 Å². The van der Waals surface area contributed by atoms with Gasteiger partial charge in [-0.25, -0.2) is 0 Å². The van der Waals surface area contributed by atoms with Gasteiger partial charge in [0.2, 0.25) is 0 Å². The van der Waals surface area contributed by atoms with Gasteiger partial charge in [-0.05, 0) is 85.3 Å². The summed E-state index contributed by atoms with van der Waals surface area (Å²) < 4.78 is 22.4. The van der Waals surface area contributed by atoms with Crippen molar-refractivity contribution >= 4 is 0 Å². The molecule has 4 nitrogen and oxygen atoms in total. The molecule has 3 fully saturated rings. The van der Waals surface area contributed by atoms with Crippen molar-refractivity contribution in [1.82, 2.24) is 0 Å². The van der Waals surface area contributed by atoms with E-state index in [1.54, 1.807) is 0 Å². The van der Waals surface area contributed by atoms with E-state index in [4.69, 9.17) is 18.9 Å². The molecule has 0 spiro atoms. The highest BCUT2D eigenvalue weighted by Gasteiger charge is 2.26. The standard InChI is InChI=1S/C28H36O4/c1-2-3-4-24-15-23(11-14-28(24)32-19-27-18-31-27)22-7-5-20(6-8-22)21-9-12-25(13-10-21)29-16-26-17-30-26/h9-15,20,22,26-27H,2-8,16-19H2,1H3. The molecule has 2 aromatic carbocycles. The molecule has 2 unspecified atom stereocenters. The Labute approximate surface area is 192 Å². The molecule has 1 aliphatic carbocycles. The van der Waals surface area contributed by atoms with Crippen LogP contribution in [-0.4, -0.2) is 38.6 Å². The first kappa shape index (κ1) is 21.8. The van der Waals surface area contributed by atoms with Crippen LogP contribution < -0.4 is 9.47 Å². The van der Waals surface area contributed by atoms with Gasteiger partial charge >= 0.3 is 0 Å². The summed E-state index contributed by atoms with van der Waals surface area (Å²) in [6, 6.07) is 15.7. The van der Waals surface area contributed by atoms with Crippen LogP contribution in [-0.2, 0) is 15.9 Å². The third-order valence-corrected chi connectivity index (χ3v) is 7.10. The molecule has 3 aliphatic rings. The van der Waals surface area contributed by atoms with E-state index in [1.807, 2.05) is 0 Å². The highest BCUT2D eigenvalue weighted by atomic mass is 16.6. The quantitative estimate of drug-likeness (QED) is 0.404. The summed E-state index contributed by atoms with van der Waals surface area (Å²) in [5.41, 5.74) is 4.32. The van der Waals surface area contributed by atoms with Gasteiger partial charge in [0.25, 0.3) is 0 Å². The third-order valence-electron chi connectivity index (χ3n) is 7.10. The minimum absolute atomic E-state index is 0.303. The highest BCUT2D eigenvalue weighted by molar-refractivity contribution is 5.39. The molecule has 0 aromatic heterocycles. The molecule has 32 heavy (non-hydrogen) atoms. The lowest BCUT2D eigenvalue weighted by molar-refractivity contribution is 0.261. The normalized spacial score (nSPS) is 26.5. The zero-order valence-electron chi connectivity index (χ0n) is 19.3. The van der Waals surface area contributed by atoms with Crippen LogP contribution in [0.2, 0.25) is 0 Å². The maximum atomic E-state index is 6.08. The van der Waals surface area contributed by atoms with E-state index in [0.717, 1.165) is 31.1 Å². The second kappa shape index (κ2) is 10.3. The third kappa shape index (κ3) is 5.85. The van der Waals surface area contributed by atoms with Crippen molar-refractivity contribution in [3.8, 4) is 11.5 Å². The maximum Gasteiger partial charge on any atom is 0.122 e. The number of unbranched alkanes of at least 4 members (excludes halogenated alkanes) is 1. The molecule has 4 heteroatoms. The number of rotatable bonds is 11. The lowest BCUT2D eigenvalue weighted by atomic mass is 9.76. The van der Waals surface area contributed by atoms with Gasteiger partial charge < -0.3 is 18.9 Å². The number of ether oxygens (including phenoxy) is 4. The van der Waals surface area contributed by atoms with Gasteiger partial charge in [0.05, 0.1) is 13.2 Å². The Hall–Kier alpha value is -2.04. The molecule has 172 valence electrons. The average molecular weight is 437 g/mol. The van der Waals surface area contributed by atoms with Crippen molar-refractivity contribution in [3.63, 3.8) is 0 Å². The molecular formula is C28H36O4. The highest BCUT2D eigenvalue weighted by Crippen LogP contribution is 2.41. The number of hydrogen-bond donors (Lipinski definition) is 0. The topological polar surface area (TPSA) is 43.5 Å². The molecule has 0 radical (unpaired) electrons. The number of epoxide rings is 2. The first-order valence-corrected chi connectivity index (χ1v) is 12.5. The Morgan fingerprint density at radius 2 is 1.38 bits per heavy atom. The monoisotopic (exact) mass is 436 g/mol. The fraction of sp³-hybridized carbons (Fsp3) is 0.571. The van der Waals surface area contributed by atoms with Gasteiger partial charge in [-0.2, -0.15) is 0 Å². The molecule has 2 saturated heterocycles. The zero-order valence-corrected chi connectivity index (χ0v) is 19.3. The summed E-state index contributed by atoms with van der Waals surface area (Å²) in [6.45, 7) is 5.29. The van der Waals surface area contributed by atoms with Crippen LogP contribution in [0.5, 0.6) is 11.5 Å². The van der Waals surface area contributed by atoms with Gasteiger partial charge in [0.1, 0.15) is 36.9 Å². The van der Waals surface area contributed by atoms with Crippen molar-refractivity contribution in [2.45, 2.75) is 75.9 Å². The minimum atomic E-state index is 0.303. The van der Waals surface area contributed by atoms with E-state index < -0.39 is 0 Å². The first-order chi connectivity index (χ1) is 15.8.